The van der Waals surface area contributed by atoms with E-state index in [2.05, 4.69) is 10.5 Å². The second kappa shape index (κ2) is 7.30. The monoisotopic (exact) mass is 374 g/mol. The van der Waals surface area contributed by atoms with Gasteiger partial charge in [-0.1, -0.05) is 59.5 Å². The SMILES string of the molecule is CCc1ccccc1NC(=O)c1c(-c2c(Cl)cccc2Cl)noc1C. The number of nitrogens with one attached hydrogen (secondary N) is 1. The molecule has 4 nitrogen and oxygen atoms in total. The summed E-state index contributed by atoms with van der Waals surface area (Å²) in [7, 11) is 0. The molecule has 3 rings (SSSR count). The minimum atomic E-state index is -0.314. The molecule has 0 unspecified atom stereocenters. The molecular weight excluding hydrogens is 359 g/mol. The molecule has 0 radical (unpaired) electrons. The van der Waals surface area contributed by atoms with Crippen molar-refractivity contribution in [1.82, 2.24) is 5.16 Å². The molecule has 1 amide bonds. The number of rotatable bonds is 4. The largest absolute Gasteiger partial charge is 0.360 e. The van der Waals surface area contributed by atoms with Crippen molar-refractivity contribution < 1.29 is 9.32 Å². The Bertz CT molecular complexity index is 915. The maximum absolute atomic E-state index is 12.9. The first-order valence-electron chi connectivity index (χ1n) is 7.82. The molecule has 1 aromatic heterocycles. The highest BCUT2D eigenvalue weighted by molar-refractivity contribution is 6.39. The van der Waals surface area contributed by atoms with Crippen LogP contribution in [0.5, 0.6) is 0 Å². The van der Waals surface area contributed by atoms with Crippen LogP contribution in [0.15, 0.2) is 47.0 Å². The standard InChI is InChI=1S/C19H16Cl2N2O2/c1-3-12-7-4-5-10-15(12)22-19(24)16-11(2)25-23-18(16)17-13(20)8-6-9-14(17)21/h4-10H,3H2,1-2H3,(H,22,24). The Morgan fingerprint density at radius 2 is 1.80 bits per heavy atom. The van der Waals surface area contributed by atoms with E-state index in [1.165, 1.54) is 0 Å². The number of hydrogen-bond acceptors (Lipinski definition) is 3. The smallest absolute Gasteiger partial charge is 0.261 e. The zero-order valence-corrected chi connectivity index (χ0v) is 15.3. The van der Waals surface area contributed by atoms with Gasteiger partial charge in [0.25, 0.3) is 5.91 Å². The average Bonchev–Trinajstić information content (AvgIpc) is 2.96. The average molecular weight is 375 g/mol. The number of aromatic nitrogens is 1. The molecule has 0 saturated carbocycles. The van der Waals surface area contributed by atoms with Gasteiger partial charge in [-0.2, -0.15) is 0 Å². The molecule has 2 aromatic carbocycles. The van der Waals surface area contributed by atoms with Crippen LogP contribution in [-0.2, 0) is 6.42 Å². The van der Waals surface area contributed by atoms with E-state index in [4.69, 9.17) is 27.7 Å². The number of hydrogen-bond donors (Lipinski definition) is 1. The summed E-state index contributed by atoms with van der Waals surface area (Å²) in [6, 6.07) is 12.8. The minimum Gasteiger partial charge on any atom is -0.360 e. The number of halogens is 2. The molecule has 0 fully saturated rings. The van der Waals surface area contributed by atoms with E-state index >= 15 is 0 Å². The highest BCUT2D eigenvalue weighted by atomic mass is 35.5. The number of carbonyl (C=O) groups is 1. The van der Waals surface area contributed by atoms with Gasteiger partial charge in [0.2, 0.25) is 0 Å². The lowest BCUT2D eigenvalue weighted by molar-refractivity contribution is 0.102. The third kappa shape index (κ3) is 3.41. The third-order valence-corrected chi connectivity index (χ3v) is 4.57. The first-order valence-corrected chi connectivity index (χ1v) is 8.58. The van der Waals surface area contributed by atoms with Crippen LogP contribution in [0.4, 0.5) is 5.69 Å². The van der Waals surface area contributed by atoms with Crippen LogP contribution in [0.2, 0.25) is 10.0 Å². The van der Waals surface area contributed by atoms with Gasteiger partial charge >= 0.3 is 0 Å². The number of carbonyl (C=O) groups excluding carboxylic acids is 1. The van der Waals surface area contributed by atoms with Gasteiger partial charge in [0, 0.05) is 11.3 Å². The number of amides is 1. The van der Waals surface area contributed by atoms with E-state index in [1.54, 1.807) is 25.1 Å². The van der Waals surface area contributed by atoms with Crippen LogP contribution >= 0.6 is 23.2 Å². The van der Waals surface area contributed by atoms with Crippen LogP contribution in [0.3, 0.4) is 0 Å². The van der Waals surface area contributed by atoms with E-state index in [0.29, 0.717) is 32.6 Å². The highest BCUT2D eigenvalue weighted by Gasteiger charge is 2.25. The summed E-state index contributed by atoms with van der Waals surface area (Å²) in [5.41, 5.74) is 2.94. The Kier molecular flexibility index (Phi) is 5.11. The van der Waals surface area contributed by atoms with Gasteiger partial charge in [-0.3, -0.25) is 4.79 Å². The van der Waals surface area contributed by atoms with Crippen LogP contribution < -0.4 is 5.32 Å². The molecular formula is C19H16Cl2N2O2. The van der Waals surface area contributed by atoms with Crippen molar-refractivity contribution in [2.24, 2.45) is 0 Å². The van der Waals surface area contributed by atoms with Gasteiger partial charge in [0.05, 0.1) is 10.0 Å². The summed E-state index contributed by atoms with van der Waals surface area (Å²) in [5, 5.41) is 7.75. The molecule has 0 aliphatic carbocycles. The van der Waals surface area contributed by atoms with Crippen LogP contribution in [0.25, 0.3) is 11.3 Å². The summed E-state index contributed by atoms with van der Waals surface area (Å²) in [4.78, 5) is 12.9. The van der Waals surface area contributed by atoms with E-state index in [1.807, 2.05) is 31.2 Å². The predicted molar refractivity (Wildman–Crippen MR) is 100 cm³/mol. The fourth-order valence-corrected chi connectivity index (χ4v) is 3.25. The fraction of sp³-hybridized carbons (Fsp3) is 0.158. The molecule has 6 heteroatoms. The molecule has 128 valence electrons. The molecule has 3 aromatic rings. The van der Waals surface area contributed by atoms with Crippen molar-refractivity contribution in [3.63, 3.8) is 0 Å². The molecule has 25 heavy (non-hydrogen) atoms. The highest BCUT2D eigenvalue weighted by Crippen LogP contribution is 2.37. The molecule has 0 saturated heterocycles. The van der Waals surface area contributed by atoms with Gasteiger partial charge in [-0.15, -0.1) is 0 Å². The molecule has 0 bridgehead atoms. The van der Waals surface area contributed by atoms with Crippen LogP contribution in [0.1, 0.15) is 28.6 Å². The maximum Gasteiger partial charge on any atom is 0.261 e. The summed E-state index contributed by atoms with van der Waals surface area (Å²) in [6.07, 6.45) is 0.808. The molecule has 1 N–H and O–H groups in total. The quantitative estimate of drug-likeness (QED) is 0.630. The lowest BCUT2D eigenvalue weighted by atomic mass is 10.0. The number of anilines is 1. The topological polar surface area (TPSA) is 55.1 Å². The second-order valence-electron chi connectivity index (χ2n) is 5.52. The molecule has 1 heterocycles. The van der Waals surface area contributed by atoms with Crippen molar-refractivity contribution in [1.29, 1.82) is 0 Å². The number of para-hydroxylation sites is 1. The summed E-state index contributed by atoms with van der Waals surface area (Å²) < 4.78 is 5.25. The Balaban J connectivity index is 2.04. The first-order chi connectivity index (χ1) is 12.0. The minimum absolute atomic E-state index is 0.314. The summed E-state index contributed by atoms with van der Waals surface area (Å²) in [6.45, 7) is 3.71. The number of nitrogens with zero attached hydrogens (tertiary/aromatic N) is 1. The Morgan fingerprint density at radius 1 is 1.12 bits per heavy atom. The predicted octanol–water partition coefficient (Wildman–Crippen LogP) is 5.77. The Morgan fingerprint density at radius 3 is 2.48 bits per heavy atom. The van der Waals surface area contributed by atoms with Crippen LogP contribution in [0, 0.1) is 6.92 Å². The zero-order valence-electron chi connectivity index (χ0n) is 13.8. The molecule has 0 spiro atoms. The van der Waals surface area contributed by atoms with Crippen molar-refractivity contribution in [2.45, 2.75) is 20.3 Å². The zero-order chi connectivity index (χ0) is 18.0. The van der Waals surface area contributed by atoms with Crippen molar-refractivity contribution in [3.8, 4) is 11.3 Å². The third-order valence-electron chi connectivity index (χ3n) is 3.94. The van der Waals surface area contributed by atoms with Gasteiger partial charge < -0.3 is 9.84 Å². The number of benzene rings is 2. The van der Waals surface area contributed by atoms with Crippen molar-refractivity contribution >= 4 is 34.8 Å². The summed E-state index contributed by atoms with van der Waals surface area (Å²) >= 11 is 12.5. The normalized spacial score (nSPS) is 10.7. The summed E-state index contributed by atoms with van der Waals surface area (Å²) in [5.74, 6) is 0.0862. The van der Waals surface area contributed by atoms with E-state index in [9.17, 15) is 4.79 Å². The molecule has 0 aliphatic rings. The molecule has 0 atom stereocenters. The van der Waals surface area contributed by atoms with Gasteiger partial charge in [0.1, 0.15) is 17.0 Å². The lowest BCUT2D eigenvalue weighted by Gasteiger charge is -2.10. The van der Waals surface area contributed by atoms with E-state index < -0.39 is 0 Å². The Labute approximate surface area is 155 Å². The maximum atomic E-state index is 12.9. The van der Waals surface area contributed by atoms with Gasteiger partial charge in [-0.05, 0) is 37.1 Å². The van der Waals surface area contributed by atoms with E-state index in [0.717, 1.165) is 17.7 Å². The fourth-order valence-electron chi connectivity index (χ4n) is 2.67. The van der Waals surface area contributed by atoms with Gasteiger partial charge in [-0.25, -0.2) is 0 Å². The Hall–Kier alpha value is -2.30. The van der Waals surface area contributed by atoms with Crippen molar-refractivity contribution in [2.75, 3.05) is 5.32 Å². The van der Waals surface area contributed by atoms with E-state index in [-0.39, 0.29) is 5.91 Å². The lowest BCUT2D eigenvalue weighted by Crippen LogP contribution is -2.14. The van der Waals surface area contributed by atoms with Crippen LogP contribution in [-0.4, -0.2) is 11.1 Å². The first kappa shape index (κ1) is 17.5. The molecule has 0 aliphatic heterocycles. The number of aryl methyl sites for hydroxylation is 2. The second-order valence-corrected chi connectivity index (χ2v) is 6.34. The van der Waals surface area contributed by atoms with Crippen molar-refractivity contribution in [3.05, 3.63) is 69.4 Å². The van der Waals surface area contributed by atoms with Gasteiger partial charge in [0.15, 0.2) is 0 Å².